The van der Waals surface area contributed by atoms with Gasteiger partial charge in [0.05, 0.1) is 19.8 Å². The van der Waals surface area contributed by atoms with E-state index in [1.807, 2.05) is 0 Å². The van der Waals surface area contributed by atoms with Crippen LogP contribution in [0.3, 0.4) is 0 Å². The quantitative estimate of drug-likeness (QED) is 0.855. The van der Waals surface area contributed by atoms with Gasteiger partial charge in [0.2, 0.25) is 0 Å². The lowest BCUT2D eigenvalue weighted by Crippen LogP contribution is -2.25. The first-order valence-corrected chi connectivity index (χ1v) is 5.42. The summed E-state index contributed by atoms with van der Waals surface area (Å²) in [6.45, 7) is -1.27. The van der Waals surface area contributed by atoms with E-state index in [0.29, 0.717) is 5.75 Å². The monoisotopic (exact) mass is 263 g/mol. The molecule has 0 aliphatic carbocycles. The van der Waals surface area contributed by atoms with Gasteiger partial charge in [-0.1, -0.05) is 12.1 Å². The van der Waals surface area contributed by atoms with E-state index >= 15 is 0 Å². The van der Waals surface area contributed by atoms with Crippen molar-refractivity contribution in [3.63, 3.8) is 0 Å². The molecule has 0 heterocycles. The van der Waals surface area contributed by atoms with Crippen molar-refractivity contribution in [2.24, 2.45) is 0 Å². The predicted octanol–water partition coefficient (Wildman–Crippen LogP) is 2.53. The molecule has 1 unspecified atom stereocenters. The topological polar surface area (TPSA) is 30.5 Å². The van der Waals surface area contributed by atoms with Gasteiger partial charge in [-0.15, -0.1) is 0 Å². The summed E-state index contributed by atoms with van der Waals surface area (Å²) in [6, 6.07) is 6.80. The van der Waals surface area contributed by atoms with Crippen LogP contribution in [-0.4, -0.2) is 33.5 Å². The van der Waals surface area contributed by atoms with E-state index in [1.54, 1.807) is 38.4 Å². The van der Waals surface area contributed by atoms with Crippen molar-refractivity contribution in [2.75, 3.05) is 27.4 Å². The Morgan fingerprint density at radius 3 is 2.28 bits per heavy atom. The van der Waals surface area contributed by atoms with Crippen LogP contribution in [0.4, 0.5) is 13.2 Å². The predicted molar refractivity (Wildman–Crippen MR) is 61.7 cm³/mol. The van der Waals surface area contributed by atoms with E-state index in [0.717, 1.165) is 5.56 Å². The molecule has 0 fully saturated rings. The Balaban J connectivity index is 2.54. The van der Waals surface area contributed by atoms with E-state index in [2.05, 4.69) is 10.1 Å². The maximum absolute atomic E-state index is 11.9. The molecule has 0 amide bonds. The van der Waals surface area contributed by atoms with Crippen LogP contribution in [0.5, 0.6) is 5.75 Å². The van der Waals surface area contributed by atoms with Crippen LogP contribution >= 0.6 is 0 Å². The number of nitrogens with one attached hydrogen (secondary N) is 1. The first-order chi connectivity index (χ1) is 8.46. The molecule has 1 N–H and O–H groups in total. The molecule has 0 saturated carbocycles. The molecule has 0 aromatic heterocycles. The highest BCUT2D eigenvalue weighted by Crippen LogP contribution is 2.19. The van der Waals surface area contributed by atoms with Gasteiger partial charge in [-0.05, 0) is 24.7 Å². The molecule has 18 heavy (non-hydrogen) atoms. The van der Waals surface area contributed by atoms with E-state index in [1.165, 1.54) is 0 Å². The highest BCUT2D eigenvalue weighted by molar-refractivity contribution is 5.29. The molecule has 1 aromatic rings. The summed E-state index contributed by atoms with van der Waals surface area (Å²) < 4.78 is 45.5. The molecule has 0 spiro atoms. The first-order valence-electron chi connectivity index (χ1n) is 5.42. The van der Waals surface area contributed by atoms with Gasteiger partial charge in [0.25, 0.3) is 0 Å². The third kappa shape index (κ3) is 4.93. The van der Waals surface area contributed by atoms with Gasteiger partial charge in [0.15, 0.2) is 0 Å². The number of hydrogen-bond acceptors (Lipinski definition) is 3. The van der Waals surface area contributed by atoms with Gasteiger partial charge in [0.1, 0.15) is 12.4 Å². The fraction of sp³-hybridized carbons (Fsp3) is 0.500. The Labute approximate surface area is 104 Å². The SMILES string of the molecule is CNC(COCC(F)(F)F)c1ccc(OC)cc1. The molecule has 0 bridgehead atoms. The summed E-state index contributed by atoms with van der Waals surface area (Å²) in [4.78, 5) is 0. The lowest BCUT2D eigenvalue weighted by atomic mass is 10.1. The van der Waals surface area contributed by atoms with Crippen LogP contribution in [0.1, 0.15) is 11.6 Å². The molecule has 0 aliphatic rings. The third-order valence-electron chi connectivity index (χ3n) is 2.42. The molecule has 1 rings (SSSR count). The summed E-state index contributed by atoms with van der Waals surface area (Å²) in [5.74, 6) is 0.699. The third-order valence-corrected chi connectivity index (χ3v) is 2.42. The Morgan fingerprint density at radius 2 is 1.83 bits per heavy atom. The van der Waals surface area contributed by atoms with Crippen molar-refractivity contribution in [1.82, 2.24) is 5.32 Å². The van der Waals surface area contributed by atoms with Crippen LogP contribution in [-0.2, 0) is 4.74 Å². The summed E-state index contributed by atoms with van der Waals surface area (Å²) in [7, 11) is 3.23. The maximum Gasteiger partial charge on any atom is 0.411 e. The average Bonchev–Trinajstić information content (AvgIpc) is 2.34. The number of rotatable bonds is 6. The number of ether oxygens (including phenoxy) is 2. The standard InChI is InChI=1S/C12H16F3NO2/c1-16-11(7-18-8-12(13,14)15)9-3-5-10(17-2)6-4-9/h3-6,11,16H,7-8H2,1-2H3. The lowest BCUT2D eigenvalue weighted by molar-refractivity contribution is -0.175. The first kappa shape index (κ1) is 14.8. The summed E-state index contributed by atoms with van der Waals surface area (Å²) in [6.07, 6.45) is -4.29. The van der Waals surface area contributed by atoms with E-state index in [-0.39, 0.29) is 12.6 Å². The summed E-state index contributed by atoms with van der Waals surface area (Å²) >= 11 is 0. The molecule has 1 aromatic carbocycles. The van der Waals surface area contributed by atoms with Crippen molar-refractivity contribution in [1.29, 1.82) is 0 Å². The molecule has 6 heteroatoms. The van der Waals surface area contributed by atoms with Crippen LogP contribution in [0.15, 0.2) is 24.3 Å². The van der Waals surface area contributed by atoms with Crippen molar-refractivity contribution in [3.8, 4) is 5.75 Å². The highest BCUT2D eigenvalue weighted by atomic mass is 19.4. The molecule has 0 aliphatic heterocycles. The number of alkyl halides is 3. The normalized spacial score (nSPS) is 13.4. The molecule has 1 atom stereocenters. The van der Waals surface area contributed by atoms with Crippen LogP contribution in [0, 0.1) is 0 Å². The second-order valence-corrected chi connectivity index (χ2v) is 3.74. The fourth-order valence-electron chi connectivity index (χ4n) is 1.47. The molecular formula is C12H16F3NO2. The van der Waals surface area contributed by atoms with Crippen LogP contribution in [0.25, 0.3) is 0 Å². The molecular weight excluding hydrogens is 247 g/mol. The molecule has 0 radical (unpaired) electrons. The van der Waals surface area contributed by atoms with E-state index < -0.39 is 12.8 Å². The zero-order valence-corrected chi connectivity index (χ0v) is 10.3. The van der Waals surface area contributed by atoms with Crippen molar-refractivity contribution >= 4 is 0 Å². The Hall–Kier alpha value is -1.27. The number of likely N-dealkylation sites (N-methyl/N-ethyl adjacent to an activating group) is 1. The lowest BCUT2D eigenvalue weighted by Gasteiger charge is -2.17. The minimum atomic E-state index is -4.29. The van der Waals surface area contributed by atoms with Gasteiger partial charge in [-0.3, -0.25) is 0 Å². The Kier molecular flexibility index (Phi) is 5.43. The summed E-state index contributed by atoms with van der Waals surface area (Å²) in [5, 5.41) is 2.91. The number of hydrogen-bond donors (Lipinski definition) is 1. The molecule has 102 valence electrons. The van der Waals surface area contributed by atoms with Crippen LogP contribution < -0.4 is 10.1 Å². The summed E-state index contributed by atoms with van der Waals surface area (Å²) in [5.41, 5.74) is 0.848. The second kappa shape index (κ2) is 6.61. The smallest absolute Gasteiger partial charge is 0.411 e. The largest absolute Gasteiger partial charge is 0.497 e. The second-order valence-electron chi connectivity index (χ2n) is 3.74. The van der Waals surface area contributed by atoms with E-state index in [4.69, 9.17) is 4.74 Å². The van der Waals surface area contributed by atoms with Crippen molar-refractivity contribution in [3.05, 3.63) is 29.8 Å². The zero-order chi connectivity index (χ0) is 13.6. The molecule has 3 nitrogen and oxygen atoms in total. The number of methoxy groups -OCH3 is 1. The number of benzene rings is 1. The zero-order valence-electron chi connectivity index (χ0n) is 10.3. The number of halogens is 3. The van der Waals surface area contributed by atoms with Gasteiger partial charge < -0.3 is 14.8 Å². The van der Waals surface area contributed by atoms with Crippen molar-refractivity contribution in [2.45, 2.75) is 12.2 Å². The van der Waals surface area contributed by atoms with Gasteiger partial charge in [-0.25, -0.2) is 0 Å². The van der Waals surface area contributed by atoms with E-state index in [9.17, 15) is 13.2 Å². The highest BCUT2D eigenvalue weighted by Gasteiger charge is 2.27. The van der Waals surface area contributed by atoms with Crippen molar-refractivity contribution < 1.29 is 22.6 Å². The maximum atomic E-state index is 11.9. The Morgan fingerprint density at radius 1 is 1.22 bits per heavy atom. The fourth-order valence-corrected chi connectivity index (χ4v) is 1.47. The van der Waals surface area contributed by atoms with Gasteiger partial charge in [-0.2, -0.15) is 13.2 Å². The van der Waals surface area contributed by atoms with Crippen LogP contribution in [0.2, 0.25) is 0 Å². The minimum Gasteiger partial charge on any atom is -0.497 e. The minimum absolute atomic E-state index is 0.0393. The van der Waals surface area contributed by atoms with Gasteiger partial charge in [0, 0.05) is 0 Å². The molecule has 0 saturated heterocycles. The Bertz CT molecular complexity index is 351. The van der Waals surface area contributed by atoms with Gasteiger partial charge >= 0.3 is 6.18 Å². The average molecular weight is 263 g/mol.